The van der Waals surface area contributed by atoms with E-state index in [1.54, 1.807) is 12.1 Å². The van der Waals surface area contributed by atoms with Crippen LogP contribution in [0, 0.1) is 0 Å². The van der Waals surface area contributed by atoms with E-state index < -0.39 is 6.09 Å². The van der Waals surface area contributed by atoms with E-state index in [2.05, 4.69) is 5.32 Å². The van der Waals surface area contributed by atoms with Crippen molar-refractivity contribution in [1.29, 1.82) is 0 Å². The van der Waals surface area contributed by atoms with Gasteiger partial charge in [0.2, 0.25) is 0 Å². The number of ether oxygens (including phenoxy) is 1. The van der Waals surface area contributed by atoms with E-state index in [1.807, 2.05) is 32.9 Å². The molecule has 0 unspecified atom stereocenters. The fourth-order valence-corrected chi connectivity index (χ4v) is 1.33. The van der Waals surface area contributed by atoms with Gasteiger partial charge in [0.15, 0.2) is 0 Å². The Morgan fingerprint density at radius 1 is 1.29 bits per heavy atom. The normalized spacial score (nSPS) is 11.1. The molecule has 1 amide bonds. The lowest BCUT2D eigenvalue weighted by molar-refractivity contribution is 0.190. The number of nitrogens with one attached hydrogen (secondary N) is 1. The van der Waals surface area contributed by atoms with Gasteiger partial charge in [0.05, 0.1) is 0 Å². The van der Waals surface area contributed by atoms with Crippen LogP contribution in [0.3, 0.4) is 0 Å². The van der Waals surface area contributed by atoms with Gasteiger partial charge in [0, 0.05) is 5.54 Å². The zero-order valence-corrected chi connectivity index (χ0v) is 10.6. The molecule has 3 N–H and O–H groups in total. The van der Waals surface area contributed by atoms with Crippen molar-refractivity contribution in [2.24, 2.45) is 5.73 Å². The van der Waals surface area contributed by atoms with Crippen LogP contribution in [0.15, 0.2) is 24.3 Å². The Hall–Kier alpha value is -1.55. The zero-order chi connectivity index (χ0) is 12.9. The highest BCUT2D eigenvalue weighted by molar-refractivity contribution is 5.71. The van der Waals surface area contributed by atoms with Crippen molar-refractivity contribution in [2.45, 2.75) is 32.7 Å². The Kier molecular flexibility index (Phi) is 4.52. The monoisotopic (exact) mass is 236 g/mol. The summed E-state index contributed by atoms with van der Waals surface area (Å²) in [5.41, 5.74) is 6.29. The second-order valence-electron chi connectivity index (χ2n) is 4.95. The molecule has 4 nitrogen and oxygen atoms in total. The SMILES string of the molecule is CC(C)(C)NC(=O)Oc1ccc(CCN)cc1. The highest BCUT2D eigenvalue weighted by Crippen LogP contribution is 2.13. The summed E-state index contributed by atoms with van der Waals surface area (Å²) in [6, 6.07) is 7.36. The van der Waals surface area contributed by atoms with Crippen LogP contribution in [0.5, 0.6) is 5.75 Å². The topological polar surface area (TPSA) is 64.3 Å². The van der Waals surface area contributed by atoms with Crippen LogP contribution in [0.1, 0.15) is 26.3 Å². The molecule has 0 spiro atoms. The minimum absolute atomic E-state index is 0.295. The molecule has 4 heteroatoms. The van der Waals surface area contributed by atoms with Gasteiger partial charge in [-0.25, -0.2) is 4.79 Å². The van der Waals surface area contributed by atoms with Crippen LogP contribution in [0.2, 0.25) is 0 Å². The fourth-order valence-electron chi connectivity index (χ4n) is 1.33. The summed E-state index contributed by atoms with van der Waals surface area (Å²) in [6.07, 6.45) is 0.387. The second kappa shape index (κ2) is 5.68. The second-order valence-corrected chi connectivity index (χ2v) is 4.95. The van der Waals surface area contributed by atoms with E-state index in [0.29, 0.717) is 12.3 Å². The van der Waals surface area contributed by atoms with E-state index >= 15 is 0 Å². The summed E-state index contributed by atoms with van der Waals surface area (Å²) >= 11 is 0. The minimum Gasteiger partial charge on any atom is -0.410 e. The molecule has 0 bridgehead atoms. The first kappa shape index (κ1) is 13.5. The molecule has 1 aromatic rings. The molecule has 0 aliphatic heterocycles. The highest BCUT2D eigenvalue weighted by Gasteiger charge is 2.14. The van der Waals surface area contributed by atoms with Crippen LogP contribution in [-0.2, 0) is 6.42 Å². The first-order chi connectivity index (χ1) is 7.90. The summed E-state index contributed by atoms with van der Waals surface area (Å²) in [4.78, 5) is 11.5. The van der Waals surface area contributed by atoms with Crippen LogP contribution in [0.25, 0.3) is 0 Å². The third kappa shape index (κ3) is 5.36. The minimum atomic E-state index is -0.441. The molecule has 0 aliphatic rings. The molecule has 0 radical (unpaired) electrons. The molecule has 0 aromatic heterocycles. The van der Waals surface area contributed by atoms with E-state index in [9.17, 15) is 4.79 Å². The quantitative estimate of drug-likeness (QED) is 0.844. The van der Waals surface area contributed by atoms with Gasteiger partial charge in [-0.1, -0.05) is 12.1 Å². The number of hydrogen-bond acceptors (Lipinski definition) is 3. The highest BCUT2D eigenvalue weighted by atomic mass is 16.6. The molecule has 1 aromatic carbocycles. The Balaban J connectivity index is 2.54. The van der Waals surface area contributed by atoms with Crippen molar-refractivity contribution in [1.82, 2.24) is 5.32 Å². The lowest BCUT2D eigenvalue weighted by Gasteiger charge is -2.19. The van der Waals surface area contributed by atoms with Crippen molar-refractivity contribution in [3.8, 4) is 5.75 Å². The van der Waals surface area contributed by atoms with E-state index in [1.165, 1.54) is 0 Å². The number of carbonyl (C=O) groups excluding carboxylic acids is 1. The maximum Gasteiger partial charge on any atom is 0.413 e. The average molecular weight is 236 g/mol. The number of carbonyl (C=O) groups is 1. The summed E-state index contributed by atoms with van der Waals surface area (Å²) in [6.45, 7) is 6.32. The number of hydrogen-bond donors (Lipinski definition) is 2. The van der Waals surface area contributed by atoms with Crippen LogP contribution < -0.4 is 15.8 Å². The van der Waals surface area contributed by atoms with Gasteiger partial charge < -0.3 is 15.8 Å². The lowest BCUT2D eigenvalue weighted by atomic mass is 10.1. The molecule has 17 heavy (non-hydrogen) atoms. The summed E-state index contributed by atoms with van der Waals surface area (Å²) in [5.74, 6) is 0.535. The largest absolute Gasteiger partial charge is 0.413 e. The summed E-state index contributed by atoms with van der Waals surface area (Å²) in [5, 5.41) is 2.73. The van der Waals surface area contributed by atoms with Crippen molar-refractivity contribution in [3.63, 3.8) is 0 Å². The standard InChI is InChI=1S/C13H20N2O2/c1-13(2,3)15-12(16)17-11-6-4-10(5-7-11)8-9-14/h4-7H,8-9,14H2,1-3H3,(H,15,16). The molecule has 0 fully saturated rings. The van der Waals surface area contributed by atoms with E-state index in [-0.39, 0.29) is 5.54 Å². The molecule has 0 saturated heterocycles. The smallest absolute Gasteiger partial charge is 0.410 e. The van der Waals surface area contributed by atoms with Gasteiger partial charge in [-0.3, -0.25) is 0 Å². The maximum atomic E-state index is 11.5. The number of nitrogens with two attached hydrogens (primary N) is 1. The molecule has 94 valence electrons. The van der Waals surface area contributed by atoms with E-state index in [0.717, 1.165) is 12.0 Å². The first-order valence-corrected chi connectivity index (χ1v) is 5.70. The van der Waals surface area contributed by atoms with Gasteiger partial charge in [0.25, 0.3) is 0 Å². The van der Waals surface area contributed by atoms with Crippen molar-refractivity contribution < 1.29 is 9.53 Å². The van der Waals surface area contributed by atoms with Gasteiger partial charge >= 0.3 is 6.09 Å². The predicted molar refractivity (Wildman–Crippen MR) is 68.1 cm³/mol. The van der Waals surface area contributed by atoms with Crippen LogP contribution in [-0.4, -0.2) is 18.2 Å². The number of rotatable bonds is 3. The molecule has 1 rings (SSSR count). The Labute approximate surface area is 102 Å². The Bertz CT molecular complexity index is 366. The molecule has 0 aliphatic carbocycles. The predicted octanol–water partition coefficient (Wildman–Crippen LogP) is 2.07. The van der Waals surface area contributed by atoms with Crippen LogP contribution >= 0.6 is 0 Å². The van der Waals surface area contributed by atoms with Crippen LogP contribution in [0.4, 0.5) is 4.79 Å². The average Bonchev–Trinajstić information content (AvgIpc) is 2.18. The molecular weight excluding hydrogens is 216 g/mol. The summed E-state index contributed by atoms with van der Waals surface area (Å²) in [7, 11) is 0. The number of benzene rings is 1. The molecule has 0 atom stereocenters. The van der Waals surface area contributed by atoms with Crippen molar-refractivity contribution in [3.05, 3.63) is 29.8 Å². The fraction of sp³-hybridized carbons (Fsp3) is 0.462. The lowest BCUT2D eigenvalue weighted by Crippen LogP contribution is -2.42. The third-order valence-corrected chi connectivity index (χ3v) is 2.04. The zero-order valence-electron chi connectivity index (χ0n) is 10.6. The van der Waals surface area contributed by atoms with Gasteiger partial charge in [-0.05, 0) is 51.4 Å². The Morgan fingerprint density at radius 3 is 2.35 bits per heavy atom. The molecular formula is C13H20N2O2. The number of amides is 1. The first-order valence-electron chi connectivity index (χ1n) is 5.70. The van der Waals surface area contributed by atoms with Crippen molar-refractivity contribution in [2.75, 3.05) is 6.54 Å². The Morgan fingerprint density at radius 2 is 1.88 bits per heavy atom. The molecule has 0 heterocycles. The van der Waals surface area contributed by atoms with Crippen molar-refractivity contribution >= 4 is 6.09 Å². The maximum absolute atomic E-state index is 11.5. The van der Waals surface area contributed by atoms with Gasteiger partial charge in [-0.15, -0.1) is 0 Å². The van der Waals surface area contributed by atoms with E-state index in [4.69, 9.17) is 10.5 Å². The molecule has 0 saturated carbocycles. The summed E-state index contributed by atoms with van der Waals surface area (Å²) < 4.78 is 5.14. The third-order valence-electron chi connectivity index (χ3n) is 2.04. The van der Waals surface area contributed by atoms with Gasteiger partial charge in [0.1, 0.15) is 5.75 Å². The van der Waals surface area contributed by atoms with Gasteiger partial charge in [-0.2, -0.15) is 0 Å².